The van der Waals surface area contributed by atoms with Gasteiger partial charge in [0.2, 0.25) is 0 Å². The summed E-state index contributed by atoms with van der Waals surface area (Å²) in [5, 5.41) is 15.6. The van der Waals surface area contributed by atoms with E-state index in [0.29, 0.717) is 22.6 Å². The normalized spacial score (nSPS) is 11.5. The van der Waals surface area contributed by atoms with Gasteiger partial charge >= 0.3 is 6.03 Å². The van der Waals surface area contributed by atoms with E-state index in [0.717, 1.165) is 0 Å². The Hall–Kier alpha value is -2.97. The van der Waals surface area contributed by atoms with Gasteiger partial charge in [-0.05, 0) is 49.7 Å². The molecule has 0 aliphatic heterocycles. The van der Waals surface area contributed by atoms with Crippen molar-refractivity contribution in [3.8, 4) is 18.1 Å². The lowest BCUT2D eigenvalue weighted by atomic mass is 10.1. The Labute approximate surface area is 148 Å². The third-order valence-corrected chi connectivity index (χ3v) is 3.36. The lowest BCUT2D eigenvalue weighted by Crippen LogP contribution is -2.32. The maximum absolute atomic E-state index is 12.0. The number of terminal acetylenes is 1. The van der Waals surface area contributed by atoms with E-state index in [1.165, 1.54) is 0 Å². The monoisotopic (exact) mass is 338 g/mol. The summed E-state index contributed by atoms with van der Waals surface area (Å²) in [7, 11) is 0. The van der Waals surface area contributed by atoms with E-state index in [1.54, 1.807) is 36.4 Å². The Kier molecular flexibility index (Phi) is 6.44. The van der Waals surface area contributed by atoms with Crippen LogP contribution in [0.2, 0.25) is 0 Å². The Balaban J connectivity index is 1.89. The fourth-order valence-electron chi connectivity index (χ4n) is 2.24. The minimum absolute atomic E-state index is 0.0510. The molecule has 0 aliphatic rings. The molecule has 130 valence electrons. The second-order valence-electron chi connectivity index (χ2n) is 5.82. The lowest BCUT2D eigenvalue weighted by molar-refractivity contribution is 0.174. The van der Waals surface area contributed by atoms with Crippen molar-refractivity contribution in [3.63, 3.8) is 0 Å². The number of hydrogen-bond acceptors (Lipinski definition) is 3. The van der Waals surface area contributed by atoms with E-state index in [9.17, 15) is 9.90 Å². The molecule has 0 heterocycles. The number of anilines is 1. The Morgan fingerprint density at radius 2 is 2.00 bits per heavy atom. The van der Waals surface area contributed by atoms with E-state index in [-0.39, 0.29) is 12.6 Å². The van der Waals surface area contributed by atoms with Crippen LogP contribution >= 0.6 is 0 Å². The molecule has 2 aromatic rings. The number of benzene rings is 2. The highest BCUT2D eigenvalue weighted by Gasteiger charge is 2.11. The molecule has 0 bridgehead atoms. The average molecular weight is 338 g/mol. The number of aliphatic hydroxyl groups is 1. The van der Waals surface area contributed by atoms with Crippen molar-refractivity contribution >= 4 is 11.7 Å². The predicted molar refractivity (Wildman–Crippen MR) is 98.6 cm³/mol. The summed E-state index contributed by atoms with van der Waals surface area (Å²) in [6.07, 6.45) is 4.55. The summed E-state index contributed by atoms with van der Waals surface area (Å²) in [5.41, 5.74) is 1.95. The van der Waals surface area contributed by atoms with Crippen molar-refractivity contribution in [1.29, 1.82) is 0 Å². The second kappa shape index (κ2) is 8.76. The third kappa shape index (κ3) is 5.87. The van der Waals surface area contributed by atoms with Crippen LogP contribution in [0.25, 0.3) is 0 Å². The number of hydrogen-bond donors (Lipinski definition) is 3. The molecule has 2 amide bonds. The van der Waals surface area contributed by atoms with Crippen LogP contribution in [0.15, 0.2) is 48.5 Å². The quantitative estimate of drug-likeness (QED) is 0.708. The summed E-state index contributed by atoms with van der Waals surface area (Å²) < 4.78 is 5.60. The molecule has 0 fully saturated rings. The van der Waals surface area contributed by atoms with Crippen LogP contribution in [0.3, 0.4) is 0 Å². The number of nitrogens with one attached hydrogen (secondary N) is 2. The predicted octanol–water partition coefficient (Wildman–Crippen LogP) is 3.31. The van der Waals surface area contributed by atoms with Gasteiger partial charge in [0.15, 0.2) is 0 Å². The maximum atomic E-state index is 12.0. The van der Waals surface area contributed by atoms with Gasteiger partial charge in [-0.3, -0.25) is 0 Å². The Morgan fingerprint density at radius 1 is 1.24 bits per heavy atom. The third-order valence-electron chi connectivity index (χ3n) is 3.36. The highest BCUT2D eigenvalue weighted by Crippen LogP contribution is 2.20. The molecule has 5 heteroatoms. The van der Waals surface area contributed by atoms with Gasteiger partial charge in [-0.25, -0.2) is 4.79 Å². The van der Waals surface area contributed by atoms with Crippen LogP contribution in [0.4, 0.5) is 10.5 Å². The second-order valence-corrected chi connectivity index (χ2v) is 5.82. The first-order valence-corrected chi connectivity index (χ1v) is 8.04. The SMILES string of the molecule is C#Cc1cccc(NC(=O)NCC(O)c2cccc(OC(C)C)c2)c1. The van der Waals surface area contributed by atoms with Crippen molar-refractivity contribution in [3.05, 3.63) is 59.7 Å². The minimum atomic E-state index is -0.835. The molecule has 2 aromatic carbocycles. The molecular formula is C20H22N2O3. The average Bonchev–Trinajstić information content (AvgIpc) is 2.59. The fraction of sp³-hybridized carbons (Fsp3) is 0.250. The van der Waals surface area contributed by atoms with Gasteiger partial charge in [-0.2, -0.15) is 0 Å². The zero-order chi connectivity index (χ0) is 18.2. The first kappa shape index (κ1) is 18.4. The van der Waals surface area contributed by atoms with E-state index >= 15 is 0 Å². The topological polar surface area (TPSA) is 70.6 Å². The number of urea groups is 1. The van der Waals surface area contributed by atoms with Gasteiger partial charge in [-0.15, -0.1) is 6.42 Å². The number of carbonyl (C=O) groups excluding carboxylic acids is 1. The number of carbonyl (C=O) groups is 1. The highest BCUT2D eigenvalue weighted by molar-refractivity contribution is 5.89. The molecule has 0 aromatic heterocycles. The summed E-state index contributed by atoms with van der Waals surface area (Å²) >= 11 is 0. The van der Waals surface area contributed by atoms with E-state index in [2.05, 4.69) is 16.6 Å². The zero-order valence-corrected chi connectivity index (χ0v) is 14.3. The zero-order valence-electron chi connectivity index (χ0n) is 14.3. The molecule has 0 spiro atoms. The minimum Gasteiger partial charge on any atom is -0.491 e. The fourth-order valence-corrected chi connectivity index (χ4v) is 2.24. The summed E-state index contributed by atoms with van der Waals surface area (Å²) in [5.74, 6) is 3.19. The van der Waals surface area contributed by atoms with Crippen LogP contribution in [-0.2, 0) is 0 Å². The molecule has 1 unspecified atom stereocenters. The van der Waals surface area contributed by atoms with Gasteiger partial charge in [0.1, 0.15) is 5.75 Å². The molecule has 3 N–H and O–H groups in total. The Bertz CT molecular complexity index is 766. The van der Waals surface area contributed by atoms with Gasteiger partial charge in [0.25, 0.3) is 0 Å². The standard InChI is InChI=1S/C20H22N2O3/c1-4-15-7-5-9-17(11-15)22-20(24)21-13-19(23)16-8-6-10-18(12-16)25-14(2)3/h1,5-12,14,19,23H,13H2,2-3H3,(H2,21,22,24). The smallest absolute Gasteiger partial charge is 0.319 e. The number of amides is 2. The van der Waals surface area contributed by atoms with Crippen LogP contribution in [0, 0.1) is 12.3 Å². The van der Waals surface area contributed by atoms with Crippen LogP contribution < -0.4 is 15.4 Å². The number of ether oxygens (including phenoxy) is 1. The van der Waals surface area contributed by atoms with E-state index < -0.39 is 12.1 Å². The Morgan fingerprint density at radius 3 is 2.72 bits per heavy atom. The van der Waals surface area contributed by atoms with E-state index in [4.69, 9.17) is 11.2 Å². The first-order chi connectivity index (χ1) is 12.0. The van der Waals surface area contributed by atoms with Crippen molar-refractivity contribution < 1.29 is 14.6 Å². The summed E-state index contributed by atoms with van der Waals surface area (Å²) in [6.45, 7) is 3.94. The summed E-state index contributed by atoms with van der Waals surface area (Å²) in [6, 6.07) is 13.7. The van der Waals surface area contributed by atoms with Gasteiger partial charge < -0.3 is 20.5 Å². The number of rotatable bonds is 6. The molecule has 0 radical (unpaired) electrons. The van der Waals surface area contributed by atoms with Crippen molar-refractivity contribution in [1.82, 2.24) is 5.32 Å². The van der Waals surface area contributed by atoms with Gasteiger partial charge in [-0.1, -0.05) is 24.1 Å². The molecule has 1 atom stereocenters. The van der Waals surface area contributed by atoms with Gasteiger partial charge in [0, 0.05) is 17.8 Å². The molecule has 25 heavy (non-hydrogen) atoms. The van der Waals surface area contributed by atoms with E-state index in [1.807, 2.05) is 26.0 Å². The first-order valence-electron chi connectivity index (χ1n) is 8.04. The molecule has 0 saturated carbocycles. The largest absolute Gasteiger partial charge is 0.491 e. The van der Waals surface area contributed by atoms with Gasteiger partial charge in [0.05, 0.1) is 12.2 Å². The van der Waals surface area contributed by atoms with Crippen molar-refractivity contribution in [2.24, 2.45) is 0 Å². The maximum Gasteiger partial charge on any atom is 0.319 e. The van der Waals surface area contributed by atoms with Crippen LogP contribution in [-0.4, -0.2) is 23.8 Å². The molecule has 0 aliphatic carbocycles. The molecule has 0 saturated heterocycles. The molecular weight excluding hydrogens is 316 g/mol. The molecule has 5 nitrogen and oxygen atoms in total. The summed E-state index contributed by atoms with van der Waals surface area (Å²) in [4.78, 5) is 12.0. The lowest BCUT2D eigenvalue weighted by Gasteiger charge is -2.15. The highest BCUT2D eigenvalue weighted by atomic mass is 16.5. The van der Waals surface area contributed by atoms with Crippen molar-refractivity contribution in [2.45, 2.75) is 26.1 Å². The van der Waals surface area contributed by atoms with Crippen LogP contribution in [0.1, 0.15) is 31.1 Å². The van der Waals surface area contributed by atoms with Crippen molar-refractivity contribution in [2.75, 3.05) is 11.9 Å². The van der Waals surface area contributed by atoms with Crippen LogP contribution in [0.5, 0.6) is 5.75 Å². The molecule has 2 rings (SSSR count). The number of aliphatic hydroxyl groups excluding tert-OH is 1.